The molecule has 0 aromatic carbocycles. The van der Waals surface area contributed by atoms with Gasteiger partial charge in [0.1, 0.15) is 6.10 Å². The van der Waals surface area contributed by atoms with Crippen molar-refractivity contribution >= 4 is 5.97 Å². The van der Waals surface area contributed by atoms with Gasteiger partial charge in [-0.05, 0) is 76.0 Å². The maximum Gasteiger partial charge on any atom is 0.309 e. The van der Waals surface area contributed by atoms with Gasteiger partial charge in [-0.15, -0.1) is 0 Å². The lowest BCUT2D eigenvalue weighted by atomic mass is 9.75. The summed E-state index contributed by atoms with van der Waals surface area (Å²) in [5, 5.41) is 10.7. The molecule has 0 atom stereocenters. The van der Waals surface area contributed by atoms with Crippen molar-refractivity contribution in [2.24, 2.45) is 17.8 Å². The summed E-state index contributed by atoms with van der Waals surface area (Å²) in [6.07, 6.45) is 12.7. The molecule has 126 valence electrons. The first-order valence-electron chi connectivity index (χ1n) is 9.50. The van der Waals surface area contributed by atoms with E-state index in [2.05, 4.69) is 6.92 Å². The topological polar surface area (TPSA) is 46.5 Å². The minimum Gasteiger partial charge on any atom is -0.462 e. The maximum atomic E-state index is 12.3. The molecule has 3 saturated carbocycles. The molecule has 0 unspecified atom stereocenters. The van der Waals surface area contributed by atoms with Gasteiger partial charge < -0.3 is 9.84 Å². The smallest absolute Gasteiger partial charge is 0.309 e. The molecule has 1 N–H and O–H groups in total. The highest BCUT2D eigenvalue weighted by Crippen LogP contribution is 2.43. The van der Waals surface area contributed by atoms with Gasteiger partial charge >= 0.3 is 5.97 Å². The third-order valence-electron chi connectivity index (χ3n) is 6.54. The summed E-state index contributed by atoms with van der Waals surface area (Å²) < 4.78 is 5.79. The molecule has 0 amide bonds. The van der Waals surface area contributed by atoms with Crippen molar-refractivity contribution in [2.45, 2.75) is 95.7 Å². The van der Waals surface area contributed by atoms with E-state index in [9.17, 15) is 9.90 Å². The Morgan fingerprint density at radius 1 is 0.955 bits per heavy atom. The van der Waals surface area contributed by atoms with Gasteiger partial charge in [-0.25, -0.2) is 0 Å². The standard InChI is InChI=1S/C19H32O3/c1-14-4-6-15(7-5-14)18(20)22-17-10-8-16(9-11-17)19(21)12-2-3-13-19/h14-17,21H,2-13H2,1H3. The fourth-order valence-electron chi connectivity index (χ4n) is 4.87. The summed E-state index contributed by atoms with van der Waals surface area (Å²) >= 11 is 0. The molecule has 3 aliphatic rings. The van der Waals surface area contributed by atoms with Crippen LogP contribution in [0.15, 0.2) is 0 Å². The van der Waals surface area contributed by atoms with Crippen LogP contribution >= 0.6 is 0 Å². The summed E-state index contributed by atoms with van der Waals surface area (Å²) in [5.74, 6) is 1.40. The quantitative estimate of drug-likeness (QED) is 0.794. The Kier molecular flexibility index (Phi) is 5.11. The fourth-order valence-corrected chi connectivity index (χ4v) is 4.87. The molecule has 0 radical (unpaired) electrons. The average molecular weight is 308 g/mol. The van der Waals surface area contributed by atoms with Crippen LogP contribution in [0, 0.1) is 17.8 Å². The Labute approximate surface area is 134 Å². The van der Waals surface area contributed by atoms with E-state index in [1.165, 1.54) is 25.7 Å². The molecule has 3 heteroatoms. The molecule has 0 aliphatic heterocycles. The van der Waals surface area contributed by atoms with Crippen molar-refractivity contribution in [1.29, 1.82) is 0 Å². The van der Waals surface area contributed by atoms with Gasteiger partial charge in [0.2, 0.25) is 0 Å². The second-order valence-corrected chi connectivity index (χ2v) is 8.18. The van der Waals surface area contributed by atoms with Crippen molar-refractivity contribution in [3.8, 4) is 0 Å². The van der Waals surface area contributed by atoms with Crippen LogP contribution in [0.25, 0.3) is 0 Å². The molecule has 0 bridgehead atoms. The Bertz CT molecular complexity index is 370. The van der Waals surface area contributed by atoms with E-state index >= 15 is 0 Å². The highest BCUT2D eigenvalue weighted by atomic mass is 16.5. The molecule has 0 aromatic heterocycles. The first kappa shape index (κ1) is 16.3. The van der Waals surface area contributed by atoms with Gasteiger partial charge in [-0.1, -0.05) is 19.8 Å². The van der Waals surface area contributed by atoms with E-state index in [0.29, 0.717) is 5.92 Å². The van der Waals surface area contributed by atoms with Gasteiger partial charge in [-0.3, -0.25) is 4.79 Å². The fraction of sp³-hybridized carbons (Fsp3) is 0.947. The summed E-state index contributed by atoms with van der Waals surface area (Å²) in [5.41, 5.74) is -0.408. The van der Waals surface area contributed by atoms with E-state index in [-0.39, 0.29) is 18.0 Å². The van der Waals surface area contributed by atoms with Crippen molar-refractivity contribution in [1.82, 2.24) is 0 Å². The van der Waals surface area contributed by atoms with Crippen LogP contribution in [0.5, 0.6) is 0 Å². The molecule has 0 spiro atoms. The second-order valence-electron chi connectivity index (χ2n) is 8.18. The summed E-state index contributed by atoms with van der Waals surface area (Å²) in [6.45, 7) is 2.27. The Morgan fingerprint density at radius 3 is 2.14 bits per heavy atom. The van der Waals surface area contributed by atoms with Crippen molar-refractivity contribution in [3.63, 3.8) is 0 Å². The lowest BCUT2D eigenvalue weighted by molar-refractivity contribution is -0.158. The SMILES string of the molecule is CC1CCC(C(=O)OC2CCC(C3(O)CCCC3)CC2)CC1. The van der Waals surface area contributed by atoms with Crippen molar-refractivity contribution in [3.05, 3.63) is 0 Å². The Morgan fingerprint density at radius 2 is 1.55 bits per heavy atom. The zero-order valence-corrected chi connectivity index (χ0v) is 14.1. The number of ether oxygens (including phenoxy) is 1. The van der Waals surface area contributed by atoms with Crippen LogP contribution in [0.1, 0.15) is 84.0 Å². The van der Waals surface area contributed by atoms with Gasteiger partial charge in [0, 0.05) is 0 Å². The van der Waals surface area contributed by atoms with E-state index in [0.717, 1.165) is 57.3 Å². The third kappa shape index (κ3) is 3.67. The number of carbonyl (C=O) groups excluding carboxylic acids is 1. The predicted molar refractivity (Wildman–Crippen MR) is 86.4 cm³/mol. The average Bonchev–Trinajstić information content (AvgIpc) is 2.96. The van der Waals surface area contributed by atoms with Crippen LogP contribution in [0.3, 0.4) is 0 Å². The largest absolute Gasteiger partial charge is 0.462 e. The number of carbonyl (C=O) groups is 1. The summed E-state index contributed by atoms with van der Waals surface area (Å²) in [4.78, 5) is 12.3. The molecule has 0 aromatic rings. The first-order valence-corrected chi connectivity index (χ1v) is 9.50. The molecular formula is C19H32O3. The lowest BCUT2D eigenvalue weighted by Gasteiger charge is -2.38. The summed E-state index contributed by atoms with van der Waals surface area (Å²) in [6, 6.07) is 0. The van der Waals surface area contributed by atoms with E-state index in [1.54, 1.807) is 0 Å². The van der Waals surface area contributed by atoms with Crippen LogP contribution in [-0.2, 0) is 9.53 Å². The van der Waals surface area contributed by atoms with E-state index in [4.69, 9.17) is 4.74 Å². The lowest BCUT2D eigenvalue weighted by Crippen LogP contribution is -2.39. The monoisotopic (exact) mass is 308 g/mol. The normalized spacial score (nSPS) is 38.6. The molecule has 0 heterocycles. The molecule has 22 heavy (non-hydrogen) atoms. The number of hydrogen-bond donors (Lipinski definition) is 1. The van der Waals surface area contributed by atoms with Crippen LogP contribution < -0.4 is 0 Å². The van der Waals surface area contributed by atoms with E-state index in [1.807, 2.05) is 0 Å². The maximum absolute atomic E-state index is 12.3. The molecule has 3 nitrogen and oxygen atoms in total. The summed E-state index contributed by atoms with van der Waals surface area (Å²) in [7, 11) is 0. The van der Waals surface area contributed by atoms with Crippen LogP contribution in [0.4, 0.5) is 0 Å². The third-order valence-corrected chi connectivity index (χ3v) is 6.54. The van der Waals surface area contributed by atoms with E-state index < -0.39 is 5.60 Å². The van der Waals surface area contributed by atoms with Gasteiger partial charge in [-0.2, -0.15) is 0 Å². The molecule has 0 saturated heterocycles. The van der Waals surface area contributed by atoms with Crippen molar-refractivity contribution < 1.29 is 14.6 Å². The van der Waals surface area contributed by atoms with Gasteiger partial charge in [0.25, 0.3) is 0 Å². The number of aliphatic hydroxyl groups is 1. The minimum absolute atomic E-state index is 0.0509. The zero-order chi connectivity index (χ0) is 15.6. The highest BCUT2D eigenvalue weighted by molar-refractivity contribution is 5.72. The highest BCUT2D eigenvalue weighted by Gasteiger charge is 2.41. The van der Waals surface area contributed by atoms with Crippen LogP contribution in [-0.4, -0.2) is 22.8 Å². The van der Waals surface area contributed by atoms with Gasteiger partial charge in [0.15, 0.2) is 0 Å². The number of esters is 1. The van der Waals surface area contributed by atoms with Gasteiger partial charge in [0.05, 0.1) is 11.5 Å². The number of hydrogen-bond acceptors (Lipinski definition) is 3. The zero-order valence-electron chi connectivity index (χ0n) is 14.1. The Balaban J connectivity index is 1.43. The minimum atomic E-state index is -0.408. The first-order chi connectivity index (χ1) is 10.6. The van der Waals surface area contributed by atoms with Crippen molar-refractivity contribution in [2.75, 3.05) is 0 Å². The predicted octanol–water partition coefficient (Wildman–Crippen LogP) is 4.22. The second kappa shape index (κ2) is 6.90. The Hall–Kier alpha value is -0.570. The molecular weight excluding hydrogens is 276 g/mol. The molecule has 3 fully saturated rings. The molecule has 3 aliphatic carbocycles. The number of rotatable bonds is 3. The molecule has 3 rings (SSSR count). The van der Waals surface area contributed by atoms with Crippen LogP contribution in [0.2, 0.25) is 0 Å².